The van der Waals surface area contributed by atoms with Crippen LogP contribution in [-0.4, -0.2) is 4.98 Å². The minimum atomic E-state index is 0.314. The highest BCUT2D eigenvalue weighted by atomic mass is 35.5. The van der Waals surface area contributed by atoms with Crippen LogP contribution in [0.1, 0.15) is 36.3 Å². The van der Waals surface area contributed by atoms with Crippen LogP contribution in [0.3, 0.4) is 0 Å². The molecule has 2 nitrogen and oxygen atoms in total. The average molecular weight is 219 g/mol. The summed E-state index contributed by atoms with van der Waals surface area (Å²) in [5.74, 6) is 0.328. The standard InChI is InChI=1S/C12H11ClN2/c13-12-11(8-14)10(6-7-15-12)9-4-2-1-3-5-9/h2,4,6-7,9H,1,3,5H2/t9-/m0/s1. The fourth-order valence-electron chi connectivity index (χ4n) is 1.94. The van der Waals surface area contributed by atoms with E-state index in [0.29, 0.717) is 16.6 Å². The molecule has 0 radical (unpaired) electrons. The molecular weight excluding hydrogens is 208 g/mol. The van der Waals surface area contributed by atoms with Gasteiger partial charge in [0, 0.05) is 12.1 Å². The minimum absolute atomic E-state index is 0.314. The number of allylic oxidation sites excluding steroid dienone is 2. The Labute approximate surface area is 94.2 Å². The predicted molar refractivity (Wildman–Crippen MR) is 59.7 cm³/mol. The monoisotopic (exact) mass is 218 g/mol. The fourth-order valence-corrected chi connectivity index (χ4v) is 2.15. The summed E-state index contributed by atoms with van der Waals surface area (Å²) in [6, 6.07) is 4.03. The molecule has 1 aliphatic carbocycles. The summed E-state index contributed by atoms with van der Waals surface area (Å²) in [4.78, 5) is 3.92. The number of halogens is 1. The van der Waals surface area contributed by atoms with Gasteiger partial charge in [0.15, 0.2) is 0 Å². The van der Waals surface area contributed by atoms with E-state index in [0.717, 1.165) is 18.4 Å². The van der Waals surface area contributed by atoms with Crippen LogP contribution >= 0.6 is 11.6 Å². The molecule has 0 bridgehead atoms. The average Bonchev–Trinajstić information content (AvgIpc) is 2.30. The Morgan fingerprint density at radius 2 is 2.40 bits per heavy atom. The quantitative estimate of drug-likeness (QED) is 0.535. The summed E-state index contributed by atoms with van der Waals surface area (Å²) in [5, 5.41) is 9.35. The highest BCUT2D eigenvalue weighted by Gasteiger charge is 2.16. The summed E-state index contributed by atoms with van der Waals surface area (Å²) < 4.78 is 0. The van der Waals surface area contributed by atoms with Gasteiger partial charge in [-0.2, -0.15) is 5.26 Å². The smallest absolute Gasteiger partial charge is 0.147 e. The molecular formula is C12H11ClN2. The third kappa shape index (κ3) is 2.03. The Balaban J connectivity index is 2.43. The molecule has 1 aromatic rings. The molecule has 0 N–H and O–H groups in total. The van der Waals surface area contributed by atoms with E-state index in [1.165, 1.54) is 6.42 Å². The Hall–Kier alpha value is -1.33. The number of nitriles is 1. The van der Waals surface area contributed by atoms with E-state index in [1.807, 2.05) is 6.07 Å². The van der Waals surface area contributed by atoms with Crippen LogP contribution in [0.4, 0.5) is 0 Å². The number of rotatable bonds is 1. The van der Waals surface area contributed by atoms with E-state index < -0.39 is 0 Å². The molecule has 0 spiro atoms. The van der Waals surface area contributed by atoms with E-state index in [4.69, 9.17) is 16.9 Å². The van der Waals surface area contributed by atoms with Crippen molar-refractivity contribution >= 4 is 11.6 Å². The summed E-state index contributed by atoms with van der Waals surface area (Å²) in [6.07, 6.45) is 9.40. The van der Waals surface area contributed by atoms with Crippen molar-refractivity contribution in [1.82, 2.24) is 4.98 Å². The van der Waals surface area contributed by atoms with Crippen LogP contribution in [0.2, 0.25) is 5.15 Å². The van der Waals surface area contributed by atoms with E-state index in [2.05, 4.69) is 23.2 Å². The predicted octanol–water partition coefficient (Wildman–Crippen LogP) is 3.43. The second-order valence-corrected chi connectivity index (χ2v) is 4.00. The second-order valence-electron chi connectivity index (χ2n) is 3.64. The van der Waals surface area contributed by atoms with Crippen LogP contribution < -0.4 is 0 Å². The summed E-state index contributed by atoms with van der Waals surface area (Å²) in [7, 11) is 0. The molecule has 0 aliphatic heterocycles. The third-order valence-electron chi connectivity index (χ3n) is 2.70. The lowest BCUT2D eigenvalue weighted by Gasteiger charge is -2.17. The Bertz CT molecular complexity index is 432. The van der Waals surface area contributed by atoms with Crippen LogP contribution in [-0.2, 0) is 0 Å². The Morgan fingerprint density at radius 1 is 1.53 bits per heavy atom. The van der Waals surface area contributed by atoms with Crippen LogP contribution in [0.15, 0.2) is 24.4 Å². The first-order valence-corrected chi connectivity index (χ1v) is 5.42. The van der Waals surface area contributed by atoms with Gasteiger partial charge in [-0.3, -0.25) is 0 Å². The SMILES string of the molecule is N#Cc1c([C@H]2C=CCCC2)ccnc1Cl. The molecule has 3 heteroatoms. The summed E-state index contributed by atoms with van der Waals surface area (Å²) in [6.45, 7) is 0. The molecule has 0 saturated carbocycles. The second kappa shape index (κ2) is 4.46. The molecule has 0 amide bonds. The molecule has 1 heterocycles. The lowest BCUT2D eigenvalue weighted by molar-refractivity contribution is 0.652. The molecule has 0 saturated heterocycles. The Kier molecular flexibility index (Phi) is 3.03. The van der Waals surface area contributed by atoms with Gasteiger partial charge < -0.3 is 0 Å². The lowest BCUT2D eigenvalue weighted by atomic mass is 9.88. The van der Waals surface area contributed by atoms with Gasteiger partial charge in [-0.15, -0.1) is 0 Å². The maximum absolute atomic E-state index is 9.03. The van der Waals surface area contributed by atoms with Gasteiger partial charge in [-0.1, -0.05) is 23.8 Å². The van der Waals surface area contributed by atoms with Gasteiger partial charge in [0.1, 0.15) is 11.2 Å². The van der Waals surface area contributed by atoms with Crippen molar-refractivity contribution in [2.24, 2.45) is 0 Å². The van der Waals surface area contributed by atoms with Gasteiger partial charge in [0.25, 0.3) is 0 Å². The summed E-state index contributed by atoms with van der Waals surface area (Å²) in [5.41, 5.74) is 1.53. The molecule has 15 heavy (non-hydrogen) atoms. The Morgan fingerprint density at radius 3 is 3.07 bits per heavy atom. The van der Waals surface area contributed by atoms with Crippen LogP contribution in [0.5, 0.6) is 0 Å². The highest BCUT2D eigenvalue weighted by molar-refractivity contribution is 6.30. The van der Waals surface area contributed by atoms with Crippen molar-refractivity contribution in [2.75, 3.05) is 0 Å². The number of hydrogen-bond donors (Lipinski definition) is 0. The van der Waals surface area contributed by atoms with E-state index in [9.17, 15) is 0 Å². The first-order chi connectivity index (χ1) is 7.33. The molecule has 1 atom stereocenters. The molecule has 2 rings (SSSR count). The van der Waals surface area contributed by atoms with Crippen molar-refractivity contribution < 1.29 is 0 Å². The fraction of sp³-hybridized carbons (Fsp3) is 0.333. The summed E-state index contributed by atoms with van der Waals surface area (Å²) >= 11 is 5.89. The first-order valence-electron chi connectivity index (χ1n) is 5.04. The number of aromatic nitrogens is 1. The third-order valence-corrected chi connectivity index (χ3v) is 2.99. The maximum Gasteiger partial charge on any atom is 0.147 e. The van der Waals surface area contributed by atoms with Crippen LogP contribution in [0.25, 0.3) is 0 Å². The number of pyridine rings is 1. The van der Waals surface area contributed by atoms with Crippen molar-refractivity contribution in [3.63, 3.8) is 0 Å². The first kappa shape index (κ1) is 10.2. The molecule has 0 fully saturated rings. The molecule has 1 aliphatic rings. The minimum Gasteiger partial charge on any atom is -0.243 e. The van der Waals surface area contributed by atoms with Crippen molar-refractivity contribution in [1.29, 1.82) is 5.26 Å². The van der Waals surface area contributed by atoms with Crippen molar-refractivity contribution in [3.8, 4) is 6.07 Å². The topological polar surface area (TPSA) is 36.7 Å². The zero-order chi connectivity index (χ0) is 10.7. The largest absolute Gasteiger partial charge is 0.243 e. The van der Waals surface area contributed by atoms with Gasteiger partial charge in [-0.25, -0.2) is 4.98 Å². The lowest BCUT2D eigenvalue weighted by Crippen LogP contribution is -2.03. The van der Waals surface area contributed by atoms with E-state index in [1.54, 1.807) is 6.20 Å². The molecule has 1 aromatic heterocycles. The van der Waals surface area contributed by atoms with E-state index >= 15 is 0 Å². The van der Waals surface area contributed by atoms with Gasteiger partial charge >= 0.3 is 0 Å². The molecule has 76 valence electrons. The van der Waals surface area contributed by atoms with E-state index in [-0.39, 0.29) is 0 Å². The van der Waals surface area contributed by atoms with Gasteiger partial charge in [0.2, 0.25) is 0 Å². The number of hydrogen-bond acceptors (Lipinski definition) is 2. The zero-order valence-electron chi connectivity index (χ0n) is 8.28. The molecule has 0 unspecified atom stereocenters. The van der Waals surface area contributed by atoms with Gasteiger partial charge in [0.05, 0.1) is 5.56 Å². The van der Waals surface area contributed by atoms with Gasteiger partial charge in [-0.05, 0) is 30.9 Å². The van der Waals surface area contributed by atoms with Crippen molar-refractivity contribution in [2.45, 2.75) is 25.2 Å². The number of nitrogens with zero attached hydrogens (tertiary/aromatic N) is 2. The zero-order valence-corrected chi connectivity index (χ0v) is 9.04. The van der Waals surface area contributed by atoms with Crippen LogP contribution in [0, 0.1) is 11.3 Å². The molecule has 0 aromatic carbocycles. The normalized spacial score (nSPS) is 19.9. The highest BCUT2D eigenvalue weighted by Crippen LogP contribution is 2.31. The van der Waals surface area contributed by atoms with Crippen molar-refractivity contribution in [3.05, 3.63) is 40.7 Å². The maximum atomic E-state index is 9.03.